The number of aromatic nitrogens is 1. The summed E-state index contributed by atoms with van der Waals surface area (Å²) in [6.45, 7) is 4.13. The second-order valence-electron chi connectivity index (χ2n) is 10.6. The first-order valence-electron chi connectivity index (χ1n) is 13.0. The van der Waals surface area contributed by atoms with Gasteiger partial charge in [0.05, 0.1) is 34.7 Å². The number of esters is 1. The fourth-order valence-electron chi connectivity index (χ4n) is 7.52. The zero-order valence-electron chi connectivity index (χ0n) is 20.9. The standard InChI is InChI=1S/C29H26N2O5S2/c1-3-36-28(34)14-8-10-15(11-9-14)31-26(32)21-17-12-18(22(21)27(31)33)23-20(17)19(16-7-5-4-6-13(16)2)24-25(37-23)30-29(35)38-24/h4-11,17-23H,3,12H2,1-2H3,(H,30,35)/t17-,18-,19+,20+,21+,22+,23-/m1/s1. The number of nitrogens with one attached hydrogen (secondary N) is 1. The number of anilines is 1. The minimum absolute atomic E-state index is 0.0261. The molecule has 1 N–H and O–H groups in total. The van der Waals surface area contributed by atoms with Crippen LogP contribution in [0.1, 0.15) is 45.6 Å². The van der Waals surface area contributed by atoms with Crippen LogP contribution in [0.5, 0.6) is 0 Å². The monoisotopic (exact) mass is 546 g/mol. The largest absolute Gasteiger partial charge is 0.462 e. The third kappa shape index (κ3) is 3.27. The number of amides is 2. The normalized spacial score (nSPS) is 30.8. The Morgan fingerprint density at radius 3 is 2.45 bits per heavy atom. The number of thiazole rings is 1. The predicted octanol–water partition coefficient (Wildman–Crippen LogP) is 4.60. The van der Waals surface area contributed by atoms with Crippen LogP contribution in [0, 0.1) is 36.5 Å². The Hall–Kier alpha value is -3.17. The van der Waals surface area contributed by atoms with Crippen LogP contribution in [0.25, 0.3) is 0 Å². The van der Waals surface area contributed by atoms with Crippen LogP contribution in [0.3, 0.4) is 0 Å². The lowest BCUT2D eigenvalue weighted by atomic mass is 9.67. The van der Waals surface area contributed by atoms with E-state index >= 15 is 0 Å². The number of ether oxygens (including phenoxy) is 1. The molecule has 2 aliphatic carbocycles. The number of benzene rings is 2. The molecule has 194 valence electrons. The maximum absolute atomic E-state index is 13.9. The molecule has 9 heteroatoms. The number of H-pyrrole nitrogens is 1. The molecule has 38 heavy (non-hydrogen) atoms. The van der Waals surface area contributed by atoms with Gasteiger partial charge in [-0.3, -0.25) is 19.3 Å². The van der Waals surface area contributed by atoms with E-state index in [4.69, 9.17) is 4.74 Å². The number of rotatable bonds is 4. The number of hydrogen-bond donors (Lipinski definition) is 1. The van der Waals surface area contributed by atoms with Gasteiger partial charge in [-0.25, -0.2) is 4.79 Å². The predicted molar refractivity (Wildman–Crippen MR) is 145 cm³/mol. The van der Waals surface area contributed by atoms with Crippen LogP contribution < -0.4 is 9.77 Å². The SMILES string of the molecule is CCOC(=O)c1ccc(N2C(=O)[C@H]3[C@H]4C[C@@H]([C@@H]3C2=O)[C@H]2[C@H](c3ccccc3C)c3sc(=O)[nH]c3S[C@H]42)cc1. The lowest BCUT2D eigenvalue weighted by molar-refractivity contribution is -0.123. The number of hydrogen-bond acceptors (Lipinski definition) is 7. The summed E-state index contributed by atoms with van der Waals surface area (Å²) in [6, 6.07) is 14.8. The molecule has 0 radical (unpaired) electrons. The molecule has 7 nitrogen and oxygen atoms in total. The van der Waals surface area contributed by atoms with Gasteiger partial charge in [0.2, 0.25) is 11.8 Å². The van der Waals surface area contributed by atoms with Crippen LogP contribution in [-0.2, 0) is 14.3 Å². The summed E-state index contributed by atoms with van der Waals surface area (Å²) in [6.07, 6.45) is 0.854. The van der Waals surface area contributed by atoms with Gasteiger partial charge in [-0.2, -0.15) is 0 Å². The molecule has 2 amide bonds. The number of carbonyl (C=O) groups is 3. The fraction of sp³-hybridized carbons (Fsp3) is 0.379. The van der Waals surface area contributed by atoms with Gasteiger partial charge in [0, 0.05) is 16.0 Å². The smallest absolute Gasteiger partial charge is 0.338 e. The average molecular weight is 547 g/mol. The second kappa shape index (κ2) is 8.68. The third-order valence-corrected chi connectivity index (χ3v) is 11.5. The lowest BCUT2D eigenvalue weighted by Crippen LogP contribution is -2.42. The van der Waals surface area contributed by atoms with Crippen LogP contribution in [0.4, 0.5) is 5.69 Å². The van der Waals surface area contributed by atoms with Crippen molar-refractivity contribution in [1.82, 2.24) is 4.98 Å². The first-order chi connectivity index (χ1) is 18.4. The van der Waals surface area contributed by atoms with E-state index in [1.807, 2.05) is 12.1 Å². The summed E-state index contributed by atoms with van der Waals surface area (Å²) in [7, 11) is 0. The minimum Gasteiger partial charge on any atom is -0.462 e. The zero-order valence-corrected chi connectivity index (χ0v) is 22.5. The molecule has 0 spiro atoms. The van der Waals surface area contributed by atoms with E-state index in [-0.39, 0.29) is 64.1 Å². The molecule has 7 atom stereocenters. The van der Waals surface area contributed by atoms with E-state index in [0.29, 0.717) is 11.3 Å². The molecule has 3 fully saturated rings. The van der Waals surface area contributed by atoms with E-state index in [0.717, 1.165) is 16.3 Å². The number of carbonyl (C=O) groups excluding carboxylic acids is 3. The van der Waals surface area contributed by atoms with Gasteiger partial charge >= 0.3 is 10.8 Å². The summed E-state index contributed by atoms with van der Waals surface area (Å²) in [4.78, 5) is 57.6. The van der Waals surface area contributed by atoms with E-state index < -0.39 is 5.97 Å². The quantitative estimate of drug-likeness (QED) is 0.380. The summed E-state index contributed by atoms with van der Waals surface area (Å²) < 4.78 is 5.06. The van der Waals surface area contributed by atoms with Crippen LogP contribution in [-0.4, -0.2) is 34.6 Å². The molecular formula is C29H26N2O5S2. The molecule has 0 unspecified atom stereocenters. The van der Waals surface area contributed by atoms with Gasteiger partial charge in [-0.15, -0.1) is 11.8 Å². The average Bonchev–Trinajstić information content (AvgIpc) is 3.64. The van der Waals surface area contributed by atoms with Crippen LogP contribution in [0.15, 0.2) is 58.4 Å². The topological polar surface area (TPSA) is 96.5 Å². The number of nitrogens with zero attached hydrogens (tertiary/aromatic N) is 1. The van der Waals surface area contributed by atoms with E-state index in [2.05, 4.69) is 24.0 Å². The molecule has 1 aromatic heterocycles. The van der Waals surface area contributed by atoms with Crippen LogP contribution >= 0.6 is 23.1 Å². The Morgan fingerprint density at radius 2 is 1.74 bits per heavy atom. The number of aryl methyl sites for hydroxylation is 1. The van der Waals surface area contributed by atoms with Gasteiger partial charge in [0.25, 0.3) is 0 Å². The molecule has 2 aromatic carbocycles. The van der Waals surface area contributed by atoms with Crippen molar-refractivity contribution in [3.63, 3.8) is 0 Å². The van der Waals surface area contributed by atoms with Crippen LogP contribution in [0.2, 0.25) is 0 Å². The van der Waals surface area contributed by atoms with E-state index in [1.165, 1.54) is 27.4 Å². The van der Waals surface area contributed by atoms with Crippen molar-refractivity contribution in [3.05, 3.63) is 79.8 Å². The summed E-state index contributed by atoms with van der Waals surface area (Å²) in [5.41, 5.74) is 3.26. The van der Waals surface area contributed by atoms with Gasteiger partial charge in [0.1, 0.15) is 0 Å². The third-order valence-electron chi connectivity index (χ3n) is 8.88. The van der Waals surface area contributed by atoms with Crippen molar-refractivity contribution in [2.75, 3.05) is 11.5 Å². The Kier molecular flexibility index (Phi) is 5.46. The summed E-state index contributed by atoms with van der Waals surface area (Å²) in [5, 5.41) is 1.08. The first kappa shape index (κ1) is 23.9. The highest BCUT2D eigenvalue weighted by atomic mass is 32.2. The van der Waals surface area contributed by atoms with Crippen molar-refractivity contribution in [3.8, 4) is 0 Å². The molecule has 2 bridgehead atoms. The molecule has 7 rings (SSSR count). The van der Waals surface area contributed by atoms with Crippen molar-refractivity contribution < 1.29 is 19.1 Å². The fourth-order valence-corrected chi connectivity index (χ4v) is 10.4. The van der Waals surface area contributed by atoms with E-state index in [1.54, 1.807) is 43.0 Å². The second-order valence-corrected chi connectivity index (χ2v) is 12.8. The highest BCUT2D eigenvalue weighted by Gasteiger charge is 2.69. The number of thioether (sulfide) groups is 1. The first-order valence-corrected chi connectivity index (χ1v) is 14.7. The van der Waals surface area contributed by atoms with Gasteiger partial charge in [0.15, 0.2) is 0 Å². The lowest BCUT2D eigenvalue weighted by Gasteiger charge is -2.43. The van der Waals surface area contributed by atoms with Gasteiger partial charge in [-0.05, 0) is 73.4 Å². The molecule has 1 saturated heterocycles. The molecule has 3 heterocycles. The zero-order chi connectivity index (χ0) is 26.3. The Labute approximate surface area is 227 Å². The maximum Gasteiger partial charge on any atom is 0.338 e. The van der Waals surface area contributed by atoms with Crippen molar-refractivity contribution in [2.24, 2.45) is 29.6 Å². The Bertz CT molecular complexity index is 1540. The molecular weight excluding hydrogens is 520 g/mol. The molecule has 2 aliphatic heterocycles. The van der Waals surface area contributed by atoms with Crippen molar-refractivity contribution >= 4 is 46.6 Å². The highest BCUT2D eigenvalue weighted by Crippen LogP contribution is 2.68. The maximum atomic E-state index is 13.9. The Morgan fingerprint density at radius 1 is 1.03 bits per heavy atom. The molecule has 2 saturated carbocycles. The van der Waals surface area contributed by atoms with Gasteiger partial charge < -0.3 is 9.72 Å². The number of fused-ring (bicyclic) bond motifs is 9. The Balaban J connectivity index is 1.26. The summed E-state index contributed by atoms with van der Waals surface area (Å²) in [5.74, 6) is -1.09. The summed E-state index contributed by atoms with van der Waals surface area (Å²) >= 11 is 2.97. The minimum atomic E-state index is -0.429. The van der Waals surface area contributed by atoms with Gasteiger partial charge in [-0.1, -0.05) is 35.6 Å². The van der Waals surface area contributed by atoms with E-state index in [9.17, 15) is 19.2 Å². The molecule has 4 aliphatic rings. The number of aromatic amines is 1. The van der Waals surface area contributed by atoms with Crippen molar-refractivity contribution in [1.29, 1.82) is 0 Å². The van der Waals surface area contributed by atoms with Crippen molar-refractivity contribution in [2.45, 2.75) is 36.5 Å². The highest BCUT2D eigenvalue weighted by molar-refractivity contribution is 8.00. The molecule has 3 aromatic rings. The number of imide groups is 1.